The molecule has 0 bridgehead atoms. The van der Waals surface area contributed by atoms with E-state index in [0.717, 1.165) is 6.42 Å². The van der Waals surface area contributed by atoms with Crippen LogP contribution in [0.2, 0.25) is 0 Å². The first-order valence-corrected chi connectivity index (χ1v) is 6.75. The van der Waals surface area contributed by atoms with E-state index in [9.17, 15) is 9.18 Å². The molecule has 0 saturated carbocycles. The second-order valence-electron chi connectivity index (χ2n) is 5.30. The number of carbonyl (C=O) groups is 1. The van der Waals surface area contributed by atoms with Crippen molar-refractivity contribution in [3.63, 3.8) is 0 Å². The van der Waals surface area contributed by atoms with Crippen molar-refractivity contribution in [3.8, 4) is 0 Å². The molecule has 104 valence electrons. The lowest BCUT2D eigenvalue weighted by Gasteiger charge is -2.19. The third-order valence-corrected chi connectivity index (χ3v) is 3.81. The number of benzene rings is 1. The summed E-state index contributed by atoms with van der Waals surface area (Å²) in [6, 6.07) is 6.60. The molecule has 1 N–H and O–H groups in total. The lowest BCUT2D eigenvalue weighted by Crippen LogP contribution is -2.30. The summed E-state index contributed by atoms with van der Waals surface area (Å²) in [5.41, 5.74) is 0.591. The predicted octanol–water partition coefficient (Wildman–Crippen LogP) is 2.16. The summed E-state index contributed by atoms with van der Waals surface area (Å²) in [5.74, 6) is -0.126. The van der Waals surface area contributed by atoms with Crippen LogP contribution in [0.3, 0.4) is 0 Å². The van der Waals surface area contributed by atoms with Crippen molar-refractivity contribution in [2.45, 2.75) is 25.7 Å². The number of aliphatic hydroxyl groups is 1. The number of hydrogen-bond donors (Lipinski definition) is 1. The van der Waals surface area contributed by atoms with E-state index >= 15 is 0 Å². The zero-order valence-corrected chi connectivity index (χ0v) is 11.2. The molecule has 1 aliphatic heterocycles. The van der Waals surface area contributed by atoms with Crippen molar-refractivity contribution >= 4 is 5.91 Å². The van der Waals surface area contributed by atoms with Crippen molar-refractivity contribution in [1.82, 2.24) is 4.90 Å². The molecule has 1 heterocycles. The van der Waals surface area contributed by atoms with E-state index in [-0.39, 0.29) is 30.2 Å². The molecule has 0 spiro atoms. The summed E-state index contributed by atoms with van der Waals surface area (Å²) < 4.78 is 13.6. The first-order valence-electron chi connectivity index (χ1n) is 6.75. The molecule has 0 aliphatic carbocycles. The highest BCUT2D eigenvalue weighted by Gasteiger charge is 2.27. The Morgan fingerprint density at radius 2 is 2.26 bits per heavy atom. The van der Waals surface area contributed by atoms with E-state index in [1.807, 2.05) is 6.92 Å². The summed E-state index contributed by atoms with van der Waals surface area (Å²) >= 11 is 0. The number of nitrogens with zero attached hydrogens (tertiary/aromatic N) is 1. The molecule has 1 aliphatic rings. The topological polar surface area (TPSA) is 40.5 Å². The molecule has 1 amide bonds. The Morgan fingerprint density at radius 1 is 1.53 bits per heavy atom. The van der Waals surface area contributed by atoms with Gasteiger partial charge in [-0.25, -0.2) is 4.39 Å². The highest BCUT2D eigenvalue weighted by Crippen LogP contribution is 2.24. The van der Waals surface area contributed by atoms with Gasteiger partial charge in [0.05, 0.1) is 0 Å². The van der Waals surface area contributed by atoms with E-state index in [2.05, 4.69) is 0 Å². The van der Waals surface area contributed by atoms with Crippen LogP contribution in [-0.4, -0.2) is 35.6 Å². The van der Waals surface area contributed by atoms with Crippen molar-refractivity contribution in [2.24, 2.45) is 5.92 Å². The average Bonchev–Trinajstić information content (AvgIpc) is 2.88. The minimum atomic E-state index is -0.252. The molecule has 1 saturated heterocycles. The molecule has 19 heavy (non-hydrogen) atoms. The number of aliphatic hydroxyl groups excluding tert-OH is 1. The van der Waals surface area contributed by atoms with Crippen LogP contribution in [0.4, 0.5) is 4.39 Å². The van der Waals surface area contributed by atoms with E-state index < -0.39 is 0 Å². The van der Waals surface area contributed by atoms with Gasteiger partial charge in [0.15, 0.2) is 0 Å². The number of halogens is 1. The molecule has 1 aromatic rings. The van der Waals surface area contributed by atoms with Crippen LogP contribution in [0.15, 0.2) is 24.3 Å². The van der Waals surface area contributed by atoms with Gasteiger partial charge in [0.1, 0.15) is 5.82 Å². The zero-order chi connectivity index (χ0) is 13.8. The van der Waals surface area contributed by atoms with Crippen molar-refractivity contribution in [2.75, 3.05) is 19.7 Å². The molecular weight excluding hydrogens is 245 g/mol. The minimum Gasteiger partial charge on any atom is -0.396 e. The number of likely N-dealkylation sites (tertiary alicyclic amines) is 1. The summed E-state index contributed by atoms with van der Waals surface area (Å²) in [5, 5.41) is 9.07. The molecule has 0 aromatic heterocycles. The summed E-state index contributed by atoms with van der Waals surface area (Å²) in [7, 11) is 0. The fraction of sp³-hybridized carbons (Fsp3) is 0.533. The number of rotatable bonds is 4. The fourth-order valence-corrected chi connectivity index (χ4v) is 2.58. The monoisotopic (exact) mass is 265 g/mol. The van der Waals surface area contributed by atoms with Crippen molar-refractivity contribution in [3.05, 3.63) is 35.6 Å². The van der Waals surface area contributed by atoms with Gasteiger partial charge in [-0.05, 0) is 24.0 Å². The normalized spacial score (nSPS) is 20.6. The second-order valence-corrected chi connectivity index (χ2v) is 5.30. The Morgan fingerprint density at radius 3 is 2.89 bits per heavy atom. The van der Waals surface area contributed by atoms with Crippen LogP contribution in [0.1, 0.15) is 31.2 Å². The predicted molar refractivity (Wildman–Crippen MR) is 71.2 cm³/mol. The number of carbonyl (C=O) groups excluding carboxylic acids is 1. The molecule has 0 radical (unpaired) electrons. The minimum absolute atomic E-state index is 0.0479. The zero-order valence-electron chi connectivity index (χ0n) is 11.2. The van der Waals surface area contributed by atoms with Crippen LogP contribution in [0.25, 0.3) is 0 Å². The molecular formula is C15H20FNO2. The number of hydrogen-bond acceptors (Lipinski definition) is 2. The SMILES string of the molecule is CC(CC(=O)N1CCC(CO)C1)c1ccccc1F. The molecule has 2 unspecified atom stereocenters. The summed E-state index contributed by atoms with van der Waals surface area (Å²) in [6.07, 6.45) is 1.18. The van der Waals surface area contributed by atoms with E-state index in [4.69, 9.17) is 5.11 Å². The quantitative estimate of drug-likeness (QED) is 0.906. The molecule has 3 nitrogen and oxygen atoms in total. The largest absolute Gasteiger partial charge is 0.396 e. The van der Waals surface area contributed by atoms with Gasteiger partial charge in [0.25, 0.3) is 0 Å². The van der Waals surface area contributed by atoms with Gasteiger partial charge in [0, 0.05) is 32.0 Å². The first kappa shape index (κ1) is 14.0. The standard InChI is InChI=1S/C15H20FNO2/c1-11(13-4-2-3-5-14(13)16)8-15(19)17-7-6-12(9-17)10-18/h2-5,11-12,18H,6-10H2,1H3. The van der Waals surface area contributed by atoms with Gasteiger partial charge < -0.3 is 10.0 Å². The molecule has 1 aromatic carbocycles. The Balaban J connectivity index is 1.94. The Bertz CT molecular complexity index is 450. The fourth-order valence-electron chi connectivity index (χ4n) is 2.58. The molecule has 4 heteroatoms. The van der Waals surface area contributed by atoms with Gasteiger partial charge in [0.2, 0.25) is 5.91 Å². The maximum absolute atomic E-state index is 13.6. The number of amides is 1. The maximum Gasteiger partial charge on any atom is 0.223 e. The lowest BCUT2D eigenvalue weighted by molar-refractivity contribution is -0.130. The van der Waals surface area contributed by atoms with Crippen LogP contribution in [0, 0.1) is 11.7 Å². The Hall–Kier alpha value is -1.42. The van der Waals surface area contributed by atoms with Gasteiger partial charge in [-0.1, -0.05) is 25.1 Å². The van der Waals surface area contributed by atoms with E-state index in [0.29, 0.717) is 25.1 Å². The average molecular weight is 265 g/mol. The van der Waals surface area contributed by atoms with Gasteiger partial charge in [-0.3, -0.25) is 4.79 Å². The van der Waals surface area contributed by atoms with Crippen molar-refractivity contribution < 1.29 is 14.3 Å². The van der Waals surface area contributed by atoms with Crippen molar-refractivity contribution in [1.29, 1.82) is 0 Å². The third kappa shape index (κ3) is 3.32. The van der Waals surface area contributed by atoms with E-state index in [1.54, 1.807) is 23.1 Å². The van der Waals surface area contributed by atoms with Gasteiger partial charge >= 0.3 is 0 Å². The van der Waals surface area contributed by atoms with Crippen LogP contribution in [-0.2, 0) is 4.79 Å². The molecule has 2 rings (SSSR count). The van der Waals surface area contributed by atoms with Crippen LogP contribution >= 0.6 is 0 Å². The highest BCUT2D eigenvalue weighted by molar-refractivity contribution is 5.77. The van der Waals surface area contributed by atoms with Crippen LogP contribution < -0.4 is 0 Å². The lowest BCUT2D eigenvalue weighted by atomic mass is 9.96. The first-order chi connectivity index (χ1) is 9.11. The second kappa shape index (κ2) is 6.15. The van der Waals surface area contributed by atoms with Gasteiger partial charge in [-0.2, -0.15) is 0 Å². The Labute approximate surface area is 113 Å². The molecule has 1 fully saturated rings. The van der Waals surface area contributed by atoms with Gasteiger partial charge in [-0.15, -0.1) is 0 Å². The smallest absolute Gasteiger partial charge is 0.223 e. The Kier molecular flexibility index (Phi) is 4.53. The maximum atomic E-state index is 13.6. The highest BCUT2D eigenvalue weighted by atomic mass is 19.1. The summed E-state index contributed by atoms with van der Waals surface area (Å²) in [4.78, 5) is 13.9. The van der Waals surface area contributed by atoms with E-state index in [1.165, 1.54) is 6.07 Å². The summed E-state index contributed by atoms with van der Waals surface area (Å²) in [6.45, 7) is 3.33. The van der Waals surface area contributed by atoms with Crippen LogP contribution in [0.5, 0.6) is 0 Å². The third-order valence-electron chi connectivity index (χ3n) is 3.81. The molecule has 2 atom stereocenters.